The number of carbonyl (C=O) groups excluding carboxylic acids is 1. The standard InChI is InChI=1S/C14H10ClF3N2O/c15-9-3-1-2-7(13(9)18)6-20-12-4-8(14(19)21)10(16)5-11(12)17/h1-5,20H,6H2,(H2,19,21). The number of rotatable bonds is 4. The van der Waals surface area contributed by atoms with Crippen LogP contribution in [0.25, 0.3) is 0 Å². The fourth-order valence-electron chi connectivity index (χ4n) is 1.75. The minimum Gasteiger partial charge on any atom is -0.378 e. The Bertz CT molecular complexity index is 707. The molecule has 3 N–H and O–H groups in total. The Morgan fingerprint density at radius 1 is 1.19 bits per heavy atom. The van der Waals surface area contributed by atoms with E-state index in [4.69, 9.17) is 17.3 Å². The van der Waals surface area contributed by atoms with Gasteiger partial charge in [-0.15, -0.1) is 0 Å². The third-order valence-electron chi connectivity index (χ3n) is 2.82. The molecule has 0 bridgehead atoms. The number of anilines is 1. The number of amides is 1. The van der Waals surface area contributed by atoms with Crippen LogP contribution in [0.4, 0.5) is 18.9 Å². The summed E-state index contributed by atoms with van der Waals surface area (Å²) in [5.41, 5.74) is 4.56. The largest absolute Gasteiger partial charge is 0.378 e. The van der Waals surface area contributed by atoms with Gasteiger partial charge < -0.3 is 11.1 Å². The molecule has 0 aliphatic rings. The fraction of sp³-hybridized carbons (Fsp3) is 0.0714. The first-order valence-electron chi connectivity index (χ1n) is 5.85. The molecular weight excluding hydrogens is 305 g/mol. The first kappa shape index (κ1) is 15.2. The molecule has 0 unspecified atom stereocenters. The lowest BCUT2D eigenvalue weighted by Crippen LogP contribution is -2.14. The van der Waals surface area contributed by atoms with Crippen molar-refractivity contribution in [1.82, 2.24) is 0 Å². The summed E-state index contributed by atoms with van der Waals surface area (Å²) in [7, 11) is 0. The molecule has 1 amide bonds. The van der Waals surface area contributed by atoms with Crippen LogP contribution in [0.5, 0.6) is 0 Å². The van der Waals surface area contributed by atoms with Gasteiger partial charge in [0, 0.05) is 18.2 Å². The van der Waals surface area contributed by atoms with Gasteiger partial charge in [0.25, 0.3) is 5.91 Å². The Morgan fingerprint density at radius 2 is 1.90 bits per heavy atom. The smallest absolute Gasteiger partial charge is 0.251 e. The summed E-state index contributed by atoms with van der Waals surface area (Å²) in [6, 6.07) is 5.86. The van der Waals surface area contributed by atoms with Crippen LogP contribution in [-0.4, -0.2) is 5.91 Å². The number of nitrogens with two attached hydrogens (primary N) is 1. The third-order valence-corrected chi connectivity index (χ3v) is 3.11. The average molecular weight is 315 g/mol. The Morgan fingerprint density at radius 3 is 2.57 bits per heavy atom. The Kier molecular flexibility index (Phi) is 4.37. The van der Waals surface area contributed by atoms with Gasteiger partial charge >= 0.3 is 0 Å². The van der Waals surface area contributed by atoms with E-state index < -0.39 is 28.9 Å². The molecule has 0 saturated heterocycles. The van der Waals surface area contributed by atoms with Crippen molar-refractivity contribution in [3.63, 3.8) is 0 Å². The number of carbonyl (C=O) groups is 1. The second kappa shape index (κ2) is 6.05. The van der Waals surface area contributed by atoms with Crippen LogP contribution in [0.1, 0.15) is 15.9 Å². The summed E-state index contributed by atoms with van der Waals surface area (Å²) >= 11 is 5.63. The van der Waals surface area contributed by atoms with Gasteiger partial charge in [0.2, 0.25) is 0 Å². The molecule has 2 rings (SSSR count). The van der Waals surface area contributed by atoms with E-state index in [2.05, 4.69) is 5.32 Å². The fourth-order valence-corrected chi connectivity index (χ4v) is 1.94. The number of hydrogen-bond acceptors (Lipinski definition) is 2. The van der Waals surface area contributed by atoms with Gasteiger partial charge in [-0.3, -0.25) is 4.79 Å². The highest BCUT2D eigenvalue weighted by Crippen LogP contribution is 2.22. The molecule has 110 valence electrons. The molecule has 0 radical (unpaired) electrons. The Balaban J connectivity index is 2.26. The monoisotopic (exact) mass is 314 g/mol. The number of halogens is 4. The molecule has 0 aliphatic carbocycles. The Hall–Kier alpha value is -2.21. The van der Waals surface area contributed by atoms with Crippen LogP contribution in [0, 0.1) is 17.5 Å². The highest BCUT2D eigenvalue weighted by Gasteiger charge is 2.14. The van der Waals surface area contributed by atoms with E-state index in [0.29, 0.717) is 6.07 Å². The van der Waals surface area contributed by atoms with Crippen LogP contribution in [0.15, 0.2) is 30.3 Å². The molecule has 0 spiro atoms. The van der Waals surface area contributed by atoms with Gasteiger partial charge in [0.15, 0.2) is 0 Å². The molecule has 7 heteroatoms. The van der Waals surface area contributed by atoms with Crippen molar-refractivity contribution in [2.45, 2.75) is 6.54 Å². The number of primary amides is 1. The summed E-state index contributed by atoms with van der Waals surface area (Å²) < 4.78 is 40.6. The maximum atomic E-state index is 13.7. The minimum atomic E-state index is -1.06. The van der Waals surface area contributed by atoms with Crippen LogP contribution >= 0.6 is 11.6 Å². The van der Waals surface area contributed by atoms with Crippen LogP contribution in [0.3, 0.4) is 0 Å². The van der Waals surface area contributed by atoms with Crippen molar-refractivity contribution in [2.75, 3.05) is 5.32 Å². The Labute approximate surface area is 123 Å². The van der Waals surface area contributed by atoms with E-state index >= 15 is 0 Å². The third kappa shape index (κ3) is 3.28. The first-order valence-corrected chi connectivity index (χ1v) is 6.23. The average Bonchev–Trinajstić information content (AvgIpc) is 2.41. The number of nitrogens with one attached hydrogen (secondary N) is 1. The summed E-state index contributed by atoms with van der Waals surface area (Å²) in [5.74, 6) is -3.63. The molecule has 21 heavy (non-hydrogen) atoms. The van der Waals surface area contributed by atoms with Crippen LogP contribution in [0.2, 0.25) is 5.02 Å². The van der Waals surface area contributed by atoms with Crippen LogP contribution < -0.4 is 11.1 Å². The lowest BCUT2D eigenvalue weighted by molar-refractivity contribution is 0.0996. The summed E-state index contributed by atoms with van der Waals surface area (Å²) in [6.45, 7) is -0.0901. The molecule has 0 fully saturated rings. The second-order valence-electron chi connectivity index (χ2n) is 4.24. The van der Waals surface area contributed by atoms with Crippen molar-refractivity contribution in [3.05, 3.63) is 63.9 Å². The van der Waals surface area contributed by atoms with E-state index in [1.54, 1.807) is 0 Å². The van der Waals surface area contributed by atoms with Crippen molar-refractivity contribution < 1.29 is 18.0 Å². The number of benzene rings is 2. The van der Waals surface area contributed by atoms with Gasteiger partial charge in [-0.1, -0.05) is 23.7 Å². The highest BCUT2D eigenvalue weighted by molar-refractivity contribution is 6.30. The molecular formula is C14H10ClF3N2O. The van der Waals surface area contributed by atoms with Gasteiger partial charge in [-0.2, -0.15) is 0 Å². The van der Waals surface area contributed by atoms with Gasteiger partial charge in [0.1, 0.15) is 17.5 Å². The molecule has 3 nitrogen and oxygen atoms in total. The van der Waals surface area contributed by atoms with Gasteiger partial charge in [-0.05, 0) is 12.1 Å². The summed E-state index contributed by atoms with van der Waals surface area (Å²) in [4.78, 5) is 11.0. The predicted molar refractivity (Wildman–Crippen MR) is 73.6 cm³/mol. The van der Waals surface area contributed by atoms with Crippen molar-refractivity contribution in [3.8, 4) is 0 Å². The minimum absolute atomic E-state index is 0.0632. The van der Waals surface area contributed by atoms with Crippen molar-refractivity contribution in [2.24, 2.45) is 5.73 Å². The molecule has 0 aromatic heterocycles. The predicted octanol–water partition coefficient (Wildman–Crippen LogP) is 3.47. The van der Waals surface area contributed by atoms with E-state index in [-0.39, 0.29) is 22.8 Å². The van der Waals surface area contributed by atoms with Crippen LogP contribution in [-0.2, 0) is 6.54 Å². The lowest BCUT2D eigenvalue weighted by atomic mass is 10.1. The highest BCUT2D eigenvalue weighted by atomic mass is 35.5. The van der Waals surface area contributed by atoms with E-state index in [1.165, 1.54) is 18.2 Å². The molecule has 0 saturated carbocycles. The molecule has 0 aliphatic heterocycles. The molecule has 0 heterocycles. The molecule has 0 atom stereocenters. The van der Waals surface area contributed by atoms with Gasteiger partial charge in [0.05, 0.1) is 16.3 Å². The summed E-state index contributed by atoms with van der Waals surface area (Å²) in [6.07, 6.45) is 0. The van der Waals surface area contributed by atoms with Gasteiger partial charge in [-0.25, -0.2) is 13.2 Å². The first-order chi connectivity index (χ1) is 9.90. The SMILES string of the molecule is NC(=O)c1cc(NCc2cccc(Cl)c2F)c(F)cc1F. The zero-order valence-corrected chi connectivity index (χ0v) is 11.3. The summed E-state index contributed by atoms with van der Waals surface area (Å²) in [5, 5.41) is 2.51. The van der Waals surface area contributed by atoms with E-state index in [9.17, 15) is 18.0 Å². The number of hydrogen-bond donors (Lipinski definition) is 2. The maximum absolute atomic E-state index is 13.7. The quantitative estimate of drug-likeness (QED) is 0.908. The second-order valence-corrected chi connectivity index (χ2v) is 4.65. The lowest BCUT2D eigenvalue weighted by Gasteiger charge is -2.10. The normalized spacial score (nSPS) is 10.5. The maximum Gasteiger partial charge on any atom is 0.251 e. The molecule has 2 aromatic rings. The van der Waals surface area contributed by atoms with E-state index in [0.717, 1.165) is 6.07 Å². The van der Waals surface area contributed by atoms with Crippen molar-refractivity contribution in [1.29, 1.82) is 0 Å². The zero-order valence-electron chi connectivity index (χ0n) is 10.6. The van der Waals surface area contributed by atoms with E-state index in [1.807, 2.05) is 0 Å². The van der Waals surface area contributed by atoms with Crippen molar-refractivity contribution >= 4 is 23.2 Å². The zero-order chi connectivity index (χ0) is 15.6. The topological polar surface area (TPSA) is 55.1 Å². The molecule has 2 aromatic carbocycles.